The molecular weight excluding hydrogens is 396 g/mol. The molecule has 0 unspecified atom stereocenters. The third-order valence-electron chi connectivity index (χ3n) is 5.20. The van der Waals surface area contributed by atoms with Crippen molar-refractivity contribution in [3.63, 3.8) is 0 Å². The van der Waals surface area contributed by atoms with Crippen molar-refractivity contribution in [2.24, 2.45) is 12.0 Å². The molecule has 2 heterocycles. The summed E-state index contributed by atoms with van der Waals surface area (Å²) in [5.74, 6) is 0. The van der Waals surface area contributed by atoms with Gasteiger partial charge in [0, 0.05) is 19.0 Å². The average Bonchev–Trinajstić information content (AvgIpc) is 3.24. The molecular formula is C23H24N4O2S. The number of benzene rings is 2. The molecule has 4 rings (SSSR count). The van der Waals surface area contributed by atoms with Crippen LogP contribution in [-0.2, 0) is 13.6 Å². The Hall–Kier alpha value is -3.16. The molecule has 0 fully saturated rings. The van der Waals surface area contributed by atoms with Gasteiger partial charge in [-0.25, -0.2) is 9.67 Å². The predicted octanol–water partition coefficient (Wildman–Crippen LogP) is 3.55. The Labute approximate surface area is 178 Å². The van der Waals surface area contributed by atoms with Crippen LogP contribution in [0.3, 0.4) is 0 Å². The van der Waals surface area contributed by atoms with Crippen molar-refractivity contribution >= 4 is 17.0 Å². The predicted molar refractivity (Wildman–Crippen MR) is 121 cm³/mol. The van der Waals surface area contributed by atoms with Crippen molar-refractivity contribution in [1.29, 1.82) is 0 Å². The highest BCUT2D eigenvalue weighted by molar-refractivity contribution is 7.07. The second-order valence-electron chi connectivity index (χ2n) is 7.17. The van der Waals surface area contributed by atoms with E-state index >= 15 is 0 Å². The number of aliphatic hydroxyl groups excluding tert-OH is 1. The van der Waals surface area contributed by atoms with Crippen LogP contribution in [0.2, 0.25) is 0 Å². The molecule has 0 amide bonds. The highest BCUT2D eigenvalue weighted by Crippen LogP contribution is 2.22. The lowest BCUT2D eigenvalue weighted by molar-refractivity contribution is 0.275. The number of aromatic nitrogens is 3. The van der Waals surface area contributed by atoms with Crippen molar-refractivity contribution in [1.82, 2.24) is 13.9 Å². The topological polar surface area (TPSA) is 64.5 Å². The molecule has 1 N–H and O–H groups in total. The summed E-state index contributed by atoms with van der Waals surface area (Å²) < 4.78 is 5.41. The molecule has 0 spiro atoms. The van der Waals surface area contributed by atoms with Crippen molar-refractivity contribution in [3.05, 3.63) is 86.4 Å². The van der Waals surface area contributed by atoms with Crippen LogP contribution < -0.4 is 10.4 Å². The Morgan fingerprint density at radius 3 is 2.40 bits per heavy atom. The van der Waals surface area contributed by atoms with Gasteiger partial charge in [-0.15, -0.1) is 11.3 Å². The number of thiazole rings is 1. The Kier molecular flexibility index (Phi) is 5.57. The van der Waals surface area contributed by atoms with E-state index in [0.717, 1.165) is 22.6 Å². The van der Waals surface area contributed by atoms with Crippen LogP contribution in [0, 0.1) is 13.8 Å². The summed E-state index contributed by atoms with van der Waals surface area (Å²) in [6.45, 7) is 4.34. The maximum atomic E-state index is 13.2. The van der Waals surface area contributed by atoms with E-state index in [9.17, 15) is 9.90 Å². The van der Waals surface area contributed by atoms with Gasteiger partial charge in [0.05, 0.1) is 23.7 Å². The maximum Gasteiger partial charge on any atom is 0.297 e. The Morgan fingerprint density at radius 2 is 1.73 bits per heavy atom. The van der Waals surface area contributed by atoms with Crippen molar-refractivity contribution < 1.29 is 5.11 Å². The molecule has 4 aromatic rings. The van der Waals surface area contributed by atoms with Gasteiger partial charge in [-0.05, 0) is 31.5 Å². The van der Waals surface area contributed by atoms with Crippen LogP contribution in [0.25, 0.3) is 16.9 Å². The molecule has 0 aliphatic rings. The van der Waals surface area contributed by atoms with E-state index in [1.807, 2.05) is 58.9 Å². The molecule has 7 heteroatoms. The molecule has 6 nitrogen and oxygen atoms in total. The SMILES string of the molecule is Cc1ccc(-c2csc(=Nc3c(C)n(C)n(-c4ccccc4)c3=O)n2CCO)cc1. The number of aliphatic hydroxyl groups is 1. The van der Waals surface area contributed by atoms with Crippen LogP contribution >= 0.6 is 11.3 Å². The molecule has 0 radical (unpaired) electrons. The summed E-state index contributed by atoms with van der Waals surface area (Å²) in [6, 6.07) is 17.8. The van der Waals surface area contributed by atoms with Gasteiger partial charge in [-0.1, -0.05) is 48.0 Å². The van der Waals surface area contributed by atoms with Crippen LogP contribution in [0.5, 0.6) is 0 Å². The summed E-state index contributed by atoms with van der Waals surface area (Å²) in [7, 11) is 1.86. The third-order valence-corrected chi connectivity index (χ3v) is 6.06. The Bertz CT molecular complexity index is 1290. The molecule has 0 saturated heterocycles. The monoisotopic (exact) mass is 420 g/mol. The van der Waals surface area contributed by atoms with Crippen LogP contribution in [0.4, 0.5) is 5.69 Å². The molecule has 2 aromatic heterocycles. The van der Waals surface area contributed by atoms with Gasteiger partial charge >= 0.3 is 0 Å². The highest BCUT2D eigenvalue weighted by Gasteiger charge is 2.16. The smallest absolute Gasteiger partial charge is 0.297 e. The van der Waals surface area contributed by atoms with Crippen LogP contribution in [-0.4, -0.2) is 25.6 Å². The zero-order valence-corrected chi connectivity index (χ0v) is 18.1. The largest absolute Gasteiger partial charge is 0.395 e. The fourth-order valence-electron chi connectivity index (χ4n) is 3.47. The summed E-state index contributed by atoms with van der Waals surface area (Å²) in [4.78, 5) is 18.6. The van der Waals surface area contributed by atoms with Gasteiger partial charge in [0.15, 0.2) is 10.5 Å². The molecule has 0 bridgehead atoms. The highest BCUT2D eigenvalue weighted by atomic mass is 32.1. The minimum atomic E-state index is -0.165. The standard InChI is InChI=1S/C23H24N4O2S/c1-16-9-11-18(12-10-16)20-15-30-23(26(20)13-14-28)24-21-17(2)25(3)27(22(21)29)19-7-5-4-6-8-19/h4-12,15,28H,13-14H2,1-3H3. The molecule has 2 aromatic carbocycles. The van der Waals surface area contributed by atoms with Crippen molar-refractivity contribution in [3.8, 4) is 16.9 Å². The number of rotatable bonds is 5. The zero-order valence-electron chi connectivity index (χ0n) is 17.2. The Morgan fingerprint density at radius 1 is 1.03 bits per heavy atom. The first-order valence-electron chi connectivity index (χ1n) is 9.76. The lowest BCUT2D eigenvalue weighted by Gasteiger charge is -2.07. The van der Waals surface area contributed by atoms with E-state index in [2.05, 4.69) is 31.2 Å². The minimum absolute atomic E-state index is 0.00913. The summed E-state index contributed by atoms with van der Waals surface area (Å²) in [5.41, 5.74) is 5.04. The van der Waals surface area contributed by atoms with Crippen LogP contribution in [0.1, 0.15) is 11.3 Å². The minimum Gasteiger partial charge on any atom is -0.395 e. The van der Waals surface area contributed by atoms with Gasteiger partial charge in [-0.3, -0.25) is 9.48 Å². The number of hydrogen-bond acceptors (Lipinski definition) is 4. The van der Waals surface area contributed by atoms with Gasteiger partial charge in [0.2, 0.25) is 0 Å². The summed E-state index contributed by atoms with van der Waals surface area (Å²) >= 11 is 1.47. The lowest BCUT2D eigenvalue weighted by atomic mass is 10.1. The maximum absolute atomic E-state index is 13.2. The number of hydrogen-bond donors (Lipinski definition) is 1. The van der Waals surface area contributed by atoms with Crippen LogP contribution in [0.15, 0.2) is 69.8 Å². The summed E-state index contributed by atoms with van der Waals surface area (Å²) in [5, 5.41) is 11.6. The third kappa shape index (κ3) is 3.58. The van der Waals surface area contributed by atoms with Gasteiger partial charge in [0.25, 0.3) is 5.56 Å². The van der Waals surface area contributed by atoms with E-state index in [1.54, 1.807) is 4.68 Å². The zero-order chi connectivity index (χ0) is 21.3. The molecule has 30 heavy (non-hydrogen) atoms. The van der Waals surface area contributed by atoms with Crippen molar-refractivity contribution in [2.45, 2.75) is 20.4 Å². The first-order chi connectivity index (χ1) is 14.5. The second-order valence-corrected chi connectivity index (χ2v) is 8.00. The van der Waals surface area contributed by atoms with E-state index in [0.29, 0.717) is 17.0 Å². The van der Waals surface area contributed by atoms with Gasteiger partial charge in [-0.2, -0.15) is 0 Å². The number of nitrogens with zero attached hydrogens (tertiary/aromatic N) is 4. The van der Waals surface area contributed by atoms with Gasteiger partial charge in [0.1, 0.15) is 0 Å². The van der Waals surface area contributed by atoms with E-state index in [-0.39, 0.29) is 12.2 Å². The normalized spacial score (nSPS) is 11.9. The van der Waals surface area contributed by atoms with E-state index in [1.165, 1.54) is 16.9 Å². The molecule has 0 saturated carbocycles. The molecule has 154 valence electrons. The number of para-hydroxylation sites is 1. The molecule has 0 aliphatic carbocycles. The quantitative estimate of drug-likeness (QED) is 0.537. The molecule has 0 aliphatic heterocycles. The van der Waals surface area contributed by atoms with Gasteiger partial charge < -0.3 is 9.67 Å². The number of aryl methyl sites for hydroxylation is 1. The molecule has 0 atom stereocenters. The second kappa shape index (κ2) is 8.30. The first-order valence-corrected chi connectivity index (χ1v) is 10.6. The van der Waals surface area contributed by atoms with E-state index < -0.39 is 0 Å². The lowest BCUT2D eigenvalue weighted by Crippen LogP contribution is -2.21. The fourth-order valence-corrected chi connectivity index (χ4v) is 4.41. The Balaban J connectivity index is 1.89. The average molecular weight is 421 g/mol. The fraction of sp³-hybridized carbons (Fsp3) is 0.217. The van der Waals surface area contributed by atoms with Crippen molar-refractivity contribution in [2.75, 3.05) is 6.61 Å². The van der Waals surface area contributed by atoms with E-state index in [4.69, 9.17) is 4.99 Å². The summed E-state index contributed by atoms with van der Waals surface area (Å²) in [6.07, 6.45) is 0. The first kappa shape index (κ1) is 20.1.